The van der Waals surface area contributed by atoms with Crippen molar-refractivity contribution in [1.82, 2.24) is 14.6 Å². The fourth-order valence-corrected chi connectivity index (χ4v) is 1.24. The maximum Gasteiger partial charge on any atom is 0.416 e. The van der Waals surface area contributed by atoms with E-state index in [0.717, 1.165) is 16.9 Å². The van der Waals surface area contributed by atoms with Crippen LogP contribution in [-0.2, 0) is 6.18 Å². The summed E-state index contributed by atoms with van der Waals surface area (Å²) in [5.74, 6) is -1.50. The minimum atomic E-state index is -4.61. The molecule has 0 saturated heterocycles. The number of alkyl halides is 3. The number of rotatable bonds is 1. The van der Waals surface area contributed by atoms with Crippen molar-refractivity contribution in [3.05, 3.63) is 29.7 Å². The minimum Gasteiger partial charge on any atom is -0.477 e. The zero-order valence-corrected chi connectivity index (χ0v) is 7.56. The largest absolute Gasteiger partial charge is 0.477 e. The van der Waals surface area contributed by atoms with Gasteiger partial charge in [-0.05, 0) is 12.1 Å². The molecule has 0 aliphatic heterocycles. The van der Waals surface area contributed by atoms with Gasteiger partial charge >= 0.3 is 12.1 Å². The molecule has 2 heterocycles. The number of nitrogens with zero attached hydrogens (tertiary/aromatic N) is 3. The Morgan fingerprint density at radius 3 is 2.62 bits per heavy atom. The van der Waals surface area contributed by atoms with Gasteiger partial charge in [-0.15, -0.1) is 0 Å². The van der Waals surface area contributed by atoms with Crippen LogP contribution in [-0.4, -0.2) is 25.7 Å². The highest BCUT2D eigenvalue weighted by atomic mass is 19.4. The van der Waals surface area contributed by atoms with Gasteiger partial charge in [0.05, 0.1) is 5.56 Å². The van der Waals surface area contributed by atoms with Gasteiger partial charge in [0, 0.05) is 0 Å². The van der Waals surface area contributed by atoms with Crippen LogP contribution < -0.4 is 0 Å². The third-order valence-corrected chi connectivity index (χ3v) is 1.93. The van der Waals surface area contributed by atoms with E-state index in [4.69, 9.17) is 5.11 Å². The Bertz CT molecular complexity index is 561. The Balaban J connectivity index is 2.76. The summed E-state index contributed by atoms with van der Waals surface area (Å²) in [5.41, 5.74) is -1.81. The predicted octanol–water partition coefficient (Wildman–Crippen LogP) is 1.45. The molecule has 0 unspecified atom stereocenters. The molecule has 0 saturated carbocycles. The van der Waals surface area contributed by atoms with Gasteiger partial charge in [-0.25, -0.2) is 14.3 Å². The van der Waals surface area contributed by atoms with Crippen molar-refractivity contribution >= 4 is 11.6 Å². The lowest BCUT2D eigenvalue weighted by atomic mass is 10.2. The lowest BCUT2D eigenvalue weighted by Crippen LogP contribution is -2.12. The van der Waals surface area contributed by atoms with E-state index in [2.05, 4.69) is 10.1 Å². The topological polar surface area (TPSA) is 67.5 Å². The van der Waals surface area contributed by atoms with Crippen molar-refractivity contribution in [1.29, 1.82) is 0 Å². The Labute approximate surface area is 86.1 Å². The van der Waals surface area contributed by atoms with Crippen LogP contribution in [0.15, 0.2) is 18.5 Å². The standard InChI is InChI=1S/C8H4F3N3O2/c9-8(10,11)4-1-5(7(15)16)14-6(2-4)12-3-13-14/h1-3H,(H,15,16). The van der Waals surface area contributed by atoms with Crippen molar-refractivity contribution in [2.45, 2.75) is 6.18 Å². The molecule has 2 aromatic rings. The zero-order valence-electron chi connectivity index (χ0n) is 7.56. The minimum absolute atomic E-state index is 0.160. The molecule has 8 heteroatoms. The number of halogens is 3. The summed E-state index contributed by atoms with van der Waals surface area (Å²) >= 11 is 0. The summed E-state index contributed by atoms with van der Waals surface area (Å²) in [6, 6.07) is 1.25. The van der Waals surface area contributed by atoms with Gasteiger partial charge < -0.3 is 5.11 Å². The highest BCUT2D eigenvalue weighted by Crippen LogP contribution is 2.30. The van der Waals surface area contributed by atoms with Crippen molar-refractivity contribution in [2.24, 2.45) is 0 Å². The molecular weight excluding hydrogens is 227 g/mol. The maximum absolute atomic E-state index is 12.4. The van der Waals surface area contributed by atoms with E-state index in [1.54, 1.807) is 0 Å². The average Bonchev–Trinajstić information content (AvgIpc) is 2.61. The van der Waals surface area contributed by atoms with Crippen LogP contribution in [0.3, 0.4) is 0 Å². The Hall–Kier alpha value is -2.12. The number of pyridine rings is 1. The van der Waals surface area contributed by atoms with Gasteiger partial charge in [0.15, 0.2) is 11.3 Å². The number of hydrogen-bond acceptors (Lipinski definition) is 3. The van der Waals surface area contributed by atoms with Crippen LogP contribution in [0.2, 0.25) is 0 Å². The highest BCUT2D eigenvalue weighted by molar-refractivity contribution is 5.86. The summed E-state index contributed by atoms with van der Waals surface area (Å²) in [6.45, 7) is 0. The molecule has 0 aromatic carbocycles. The van der Waals surface area contributed by atoms with E-state index in [9.17, 15) is 18.0 Å². The third-order valence-electron chi connectivity index (χ3n) is 1.93. The molecule has 2 aromatic heterocycles. The molecule has 1 N–H and O–H groups in total. The molecule has 0 aliphatic carbocycles. The summed E-state index contributed by atoms with van der Waals surface area (Å²) in [5, 5.41) is 12.3. The quantitative estimate of drug-likeness (QED) is 0.806. The molecular formula is C8H4F3N3O2. The summed E-state index contributed by atoms with van der Waals surface area (Å²) in [4.78, 5) is 14.3. The average molecular weight is 231 g/mol. The maximum atomic E-state index is 12.4. The van der Waals surface area contributed by atoms with Crippen molar-refractivity contribution < 1.29 is 23.1 Å². The monoisotopic (exact) mass is 231 g/mol. The van der Waals surface area contributed by atoms with Crippen molar-refractivity contribution in [3.63, 3.8) is 0 Å². The number of aromatic nitrogens is 3. The molecule has 0 fully saturated rings. The van der Waals surface area contributed by atoms with Crippen LogP contribution >= 0.6 is 0 Å². The van der Waals surface area contributed by atoms with Gasteiger partial charge in [0.2, 0.25) is 0 Å². The predicted molar refractivity (Wildman–Crippen MR) is 44.9 cm³/mol. The first-order chi connectivity index (χ1) is 7.39. The van der Waals surface area contributed by atoms with Crippen molar-refractivity contribution in [2.75, 3.05) is 0 Å². The van der Waals surface area contributed by atoms with Gasteiger partial charge in [-0.3, -0.25) is 0 Å². The fourth-order valence-electron chi connectivity index (χ4n) is 1.24. The van der Waals surface area contributed by atoms with E-state index in [1.165, 1.54) is 0 Å². The van der Waals surface area contributed by atoms with E-state index in [-0.39, 0.29) is 5.65 Å². The van der Waals surface area contributed by atoms with Crippen LogP contribution in [0.1, 0.15) is 16.1 Å². The zero-order chi connectivity index (χ0) is 11.9. The summed E-state index contributed by atoms with van der Waals surface area (Å²) in [7, 11) is 0. The van der Waals surface area contributed by atoms with Gasteiger partial charge in [0.25, 0.3) is 0 Å². The number of fused-ring (bicyclic) bond motifs is 1. The van der Waals surface area contributed by atoms with E-state index in [1.807, 2.05) is 0 Å². The Kier molecular flexibility index (Phi) is 2.07. The van der Waals surface area contributed by atoms with E-state index < -0.39 is 23.4 Å². The summed E-state index contributed by atoms with van der Waals surface area (Å²) in [6.07, 6.45) is -3.63. The molecule has 0 atom stereocenters. The number of carboxylic acids is 1. The molecule has 0 spiro atoms. The van der Waals surface area contributed by atoms with Gasteiger partial charge in [0.1, 0.15) is 6.33 Å². The third kappa shape index (κ3) is 1.58. The second-order valence-corrected chi connectivity index (χ2v) is 2.96. The highest BCUT2D eigenvalue weighted by Gasteiger charge is 2.32. The Morgan fingerprint density at radius 2 is 2.06 bits per heavy atom. The molecule has 0 bridgehead atoms. The van der Waals surface area contributed by atoms with Gasteiger partial charge in [-0.2, -0.15) is 18.3 Å². The fraction of sp³-hybridized carbons (Fsp3) is 0.125. The second-order valence-electron chi connectivity index (χ2n) is 2.96. The van der Waals surface area contributed by atoms with E-state index in [0.29, 0.717) is 6.07 Å². The first-order valence-corrected chi connectivity index (χ1v) is 4.04. The lowest BCUT2D eigenvalue weighted by Gasteiger charge is -2.07. The normalized spacial score (nSPS) is 11.9. The molecule has 0 radical (unpaired) electrons. The summed E-state index contributed by atoms with van der Waals surface area (Å²) < 4.78 is 38.1. The SMILES string of the molecule is O=C(O)c1cc(C(F)(F)F)cc2ncnn12. The van der Waals surface area contributed by atoms with Crippen molar-refractivity contribution in [3.8, 4) is 0 Å². The number of hydrogen-bond donors (Lipinski definition) is 1. The van der Waals surface area contributed by atoms with Crippen LogP contribution in [0, 0.1) is 0 Å². The van der Waals surface area contributed by atoms with Crippen LogP contribution in [0.25, 0.3) is 5.65 Å². The van der Waals surface area contributed by atoms with E-state index >= 15 is 0 Å². The number of carboxylic acid groups (broad SMARTS) is 1. The molecule has 2 rings (SSSR count). The Morgan fingerprint density at radius 1 is 1.38 bits per heavy atom. The number of carbonyl (C=O) groups is 1. The molecule has 16 heavy (non-hydrogen) atoms. The van der Waals surface area contributed by atoms with Crippen LogP contribution in [0.5, 0.6) is 0 Å². The first-order valence-electron chi connectivity index (χ1n) is 4.04. The molecule has 84 valence electrons. The molecule has 0 amide bonds. The lowest BCUT2D eigenvalue weighted by molar-refractivity contribution is -0.137. The van der Waals surface area contributed by atoms with Gasteiger partial charge in [-0.1, -0.05) is 0 Å². The molecule has 5 nitrogen and oxygen atoms in total. The second kappa shape index (κ2) is 3.19. The smallest absolute Gasteiger partial charge is 0.416 e. The van der Waals surface area contributed by atoms with Crippen LogP contribution in [0.4, 0.5) is 13.2 Å². The first kappa shape index (κ1) is 10.4. The molecule has 0 aliphatic rings. The number of aromatic carboxylic acids is 1.